The third-order valence-corrected chi connectivity index (χ3v) is 3.96. The Hall–Kier alpha value is -3.67. The summed E-state index contributed by atoms with van der Waals surface area (Å²) in [4.78, 5) is 16.8. The van der Waals surface area contributed by atoms with E-state index in [1.165, 1.54) is 0 Å². The number of para-hydroxylation sites is 2. The number of nitrogens with one attached hydrogen (secondary N) is 1. The Morgan fingerprint density at radius 2 is 1.88 bits per heavy atom. The molecule has 2 aromatic carbocycles. The van der Waals surface area contributed by atoms with Gasteiger partial charge in [0.2, 0.25) is 0 Å². The Labute approximate surface area is 149 Å². The van der Waals surface area contributed by atoms with E-state index in [-0.39, 0.29) is 11.6 Å². The van der Waals surface area contributed by atoms with Gasteiger partial charge in [0.25, 0.3) is 5.91 Å². The van der Waals surface area contributed by atoms with Crippen LogP contribution in [0.25, 0.3) is 22.2 Å². The van der Waals surface area contributed by atoms with Crippen molar-refractivity contribution >= 4 is 22.5 Å². The van der Waals surface area contributed by atoms with E-state index in [4.69, 9.17) is 9.26 Å². The maximum atomic E-state index is 12.5. The van der Waals surface area contributed by atoms with Gasteiger partial charge in [-0.2, -0.15) is 0 Å². The highest BCUT2D eigenvalue weighted by Crippen LogP contribution is 2.30. The van der Waals surface area contributed by atoms with Crippen LogP contribution in [0, 0.1) is 0 Å². The zero-order valence-electron chi connectivity index (χ0n) is 14.0. The first-order valence-electron chi connectivity index (χ1n) is 8.01. The molecule has 0 atom stereocenters. The fraction of sp³-hybridized carbons (Fsp3) is 0.0500. The first-order valence-corrected chi connectivity index (χ1v) is 8.01. The van der Waals surface area contributed by atoms with Crippen molar-refractivity contribution in [1.29, 1.82) is 0 Å². The molecule has 4 rings (SSSR count). The number of carbonyl (C=O) groups excluding carboxylic acids is 1. The van der Waals surface area contributed by atoms with Gasteiger partial charge in [-0.05, 0) is 24.3 Å². The van der Waals surface area contributed by atoms with E-state index in [1.807, 2.05) is 54.6 Å². The number of fused-ring (bicyclic) bond motifs is 1. The van der Waals surface area contributed by atoms with E-state index in [1.54, 1.807) is 19.4 Å². The number of pyridine rings is 1. The van der Waals surface area contributed by atoms with Gasteiger partial charge in [0.1, 0.15) is 5.75 Å². The molecule has 2 aromatic heterocycles. The quantitative estimate of drug-likeness (QED) is 0.601. The van der Waals surface area contributed by atoms with Crippen LogP contribution in [-0.4, -0.2) is 23.2 Å². The lowest BCUT2D eigenvalue weighted by molar-refractivity contribution is 0.101. The lowest BCUT2D eigenvalue weighted by Crippen LogP contribution is -2.12. The second-order valence-corrected chi connectivity index (χ2v) is 5.65. The number of aromatic nitrogens is 2. The van der Waals surface area contributed by atoms with Gasteiger partial charge in [-0.3, -0.25) is 9.78 Å². The summed E-state index contributed by atoms with van der Waals surface area (Å²) in [6, 6.07) is 18.5. The van der Waals surface area contributed by atoms with E-state index in [9.17, 15) is 4.79 Å². The number of anilines is 1. The average molecular weight is 345 g/mol. The molecule has 6 heteroatoms. The summed E-state index contributed by atoms with van der Waals surface area (Å²) in [6.45, 7) is 0. The number of hydrogen-bond donors (Lipinski definition) is 1. The number of ether oxygens (including phenoxy) is 1. The van der Waals surface area contributed by atoms with Crippen LogP contribution in [0.2, 0.25) is 0 Å². The van der Waals surface area contributed by atoms with Gasteiger partial charge >= 0.3 is 0 Å². The highest BCUT2D eigenvalue weighted by molar-refractivity contribution is 6.04. The van der Waals surface area contributed by atoms with Gasteiger partial charge < -0.3 is 14.6 Å². The predicted molar refractivity (Wildman–Crippen MR) is 98.2 cm³/mol. The molecule has 0 saturated carbocycles. The molecule has 0 aliphatic carbocycles. The smallest absolute Gasteiger partial charge is 0.277 e. The fourth-order valence-corrected chi connectivity index (χ4v) is 2.69. The Morgan fingerprint density at radius 1 is 1.08 bits per heavy atom. The molecular weight excluding hydrogens is 330 g/mol. The van der Waals surface area contributed by atoms with Crippen molar-refractivity contribution in [3.05, 3.63) is 72.6 Å². The summed E-state index contributed by atoms with van der Waals surface area (Å²) in [5.74, 6) is 0.741. The summed E-state index contributed by atoms with van der Waals surface area (Å²) >= 11 is 0. The van der Waals surface area contributed by atoms with Crippen LogP contribution in [-0.2, 0) is 0 Å². The van der Waals surface area contributed by atoms with Crippen molar-refractivity contribution in [2.24, 2.45) is 0 Å². The molecule has 4 aromatic rings. The molecule has 1 N–H and O–H groups in total. The minimum atomic E-state index is -0.369. The normalized spacial score (nSPS) is 10.7. The number of nitrogens with zero attached hydrogens (tertiary/aromatic N) is 2. The lowest BCUT2D eigenvalue weighted by atomic mass is 10.1. The summed E-state index contributed by atoms with van der Waals surface area (Å²) < 4.78 is 10.6. The first-order chi connectivity index (χ1) is 12.7. The van der Waals surface area contributed by atoms with Crippen molar-refractivity contribution < 1.29 is 14.1 Å². The summed E-state index contributed by atoms with van der Waals surface area (Å²) in [6.07, 6.45) is 1.61. The maximum Gasteiger partial charge on any atom is 0.277 e. The van der Waals surface area contributed by atoms with E-state index in [0.717, 1.165) is 16.5 Å². The van der Waals surface area contributed by atoms with Crippen molar-refractivity contribution in [3.8, 4) is 17.1 Å². The van der Waals surface area contributed by atoms with Crippen LogP contribution >= 0.6 is 0 Å². The van der Waals surface area contributed by atoms with Gasteiger partial charge in [0, 0.05) is 11.5 Å². The highest BCUT2D eigenvalue weighted by Gasteiger charge is 2.16. The Bertz CT molecular complexity index is 1090. The molecule has 0 aliphatic rings. The van der Waals surface area contributed by atoms with Gasteiger partial charge in [0.15, 0.2) is 11.5 Å². The third-order valence-electron chi connectivity index (χ3n) is 3.96. The number of benzene rings is 2. The number of rotatable bonds is 4. The molecule has 0 spiro atoms. The molecule has 0 bridgehead atoms. The van der Waals surface area contributed by atoms with E-state index in [2.05, 4.69) is 15.5 Å². The van der Waals surface area contributed by atoms with Crippen LogP contribution in [0.15, 0.2) is 71.4 Å². The van der Waals surface area contributed by atoms with Crippen molar-refractivity contribution in [1.82, 2.24) is 10.1 Å². The van der Waals surface area contributed by atoms with Gasteiger partial charge in [0.05, 0.1) is 30.1 Å². The zero-order valence-corrected chi connectivity index (χ0v) is 14.0. The highest BCUT2D eigenvalue weighted by atomic mass is 16.5. The largest absolute Gasteiger partial charge is 0.496 e. The van der Waals surface area contributed by atoms with E-state index in [0.29, 0.717) is 17.2 Å². The zero-order chi connectivity index (χ0) is 17.9. The minimum Gasteiger partial charge on any atom is -0.496 e. The standard InChI is InChI=1S/C20H15N3O3/c1-25-18-9-5-3-7-15(18)19-11-17(23-26-19)20(24)22-14-10-13-6-2-4-8-16(13)21-12-14/h2-12H,1H3,(H,22,24). The fourth-order valence-electron chi connectivity index (χ4n) is 2.69. The Morgan fingerprint density at radius 3 is 2.77 bits per heavy atom. The SMILES string of the molecule is COc1ccccc1-c1cc(C(=O)Nc2cnc3ccccc3c2)no1. The number of amides is 1. The second-order valence-electron chi connectivity index (χ2n) is 5.65. The lowest BCUT2D eigenvalue weighted by Gasteiger charge is -2.04. The molecule has 1 amide bonds. The van der Waals surface area contributed by atoms with Crippen LogP contribution in [0.3, 0.4) is 0 Å². The second kappa shape index (κ2) is 6.68. The van der Waals surface area contributed by atoms with Gasteiger partial charge in [-0.15, -0.1) is 0 Å². The molecule has 0 radical (unpaired) electrons. The van der Waals surface area contributed by atoms with Crippen molar-refractivity contribution in [2.75, 3.05) is 12.4 Å². The predicted octanol–water partition coefficient (Wildman–Crippen LogP) is 4.15. The van der Waals surface area contributed by atoms with Crippen LogP contribution in [0.5, 0.6) is 5.75 Å². The number of carbonyl (C=O) groups is 1. The van der Waals surface area contributed by atoms with Crippen molar-refractivity contribution in [3.63, 3.8) is 0 Å². The summed E-state index contributed by atoms with van der Waals surface area (Å²) in [5.41, 5.74) is 2.37. The molecule has 26 heavy (non-hydrogen) atoms. The van der Waals surface area contributed by atoms with E-state index < -0.39 is 0 Å². The van der Waals surface area contributed by atoms with Crippen molar-refractivity contribution in [2.45, 2.75) is 0 Å². The third kappa shape index (κ3) is 3.00. The molecule has 0 aliphatic heterocycles. The molecule has 128 valence electrons. The number of hydrogen-bond acceptors (Lipinski definition) is 5. The van der Waals surface area contributed by atoms with Gasteiger partial charge in [-0.1, -0.05) is 35.5 Å². The molecule has 2 heterocycles. The summed E-state index contributed by atoms with van der Waals surface area (Å²) in [5, 5.41) is 7.60. The van der Waals surface area contributed by atoms with Crippen LogP contribution < -0.4 is 10.1 Å². The first kappa shape index (κ1) is 15.8. The van der Waals surface area contributed by atoms with Crippen LogP contribution in [0.1, 0.15) is 10.5 Å². The van der Waals surface area contributed by atoms with Crippen LogP contribution in [0.4, 0.5) is 5.69 Å². The molecule has 0 unspecified atom stereocenters. The topological polar surface area (TPSA) is 77.2 Å². The average Bonchev–Trinajstić information content (AvgIpc) is 3.18. The van der Waals surface area contributed by atoms with Gasteiger partial charge in [-0.25, -0.2) is 0 Å². The molecule has 0 fully saturated rings. The number of methoxy groups -OCH3 is 1. The molecule has 0 saturated heterocycles. The van der Waals surface area contributed by atoms with E-state index >= 15 is 0 Å². The monoisotopic (exact) mass is 345 g/mol. The molecular formula is C20H15N3O3. The maximum absolute atomic E-state index is 12.5. The Balaban J connectivity index is 1.58. The Kier molecular flexibility index (Phi) is 4.07. The minimum absolute atomic E-state index is 0.180. The summed E-state index contributed by atoms with van der Waals surface area (Å²) in [7, 11) is 1.58. The molecule has 6 nitrogen and oxygen atoms in total.